The molecule has 0 bridgehead atoms. The van der Waals surface area contributed by atoms with Crippen molar-refractivity contribution in [2.45, 2.75) is 110 Å². The van der Waals surface area contributed by atoms with Crippen LogP contribution in [0.15, 0.2) is 0 Å². The van der Waals surface area contributed by atoms with Crippen LogP contribution in [0.5, 0.6) is 0 Å². The van der Waals surface area contributed by atoms with Gasteiger partial charge in [0.15, 0.2) is 0 Å². The molecule has 2 heteroatoms. The fourth-order valence-corrected chi connectivity index (χ4v) is 2.99. The Hall–Kier alpha value is 0.250. The molecule has 0 N–H and O–H groups in total. The summed E-state index contributed by atoms with van der Waals surface area (Å²) < 4.78 is 5.72. The van der Waals surface area contributed by atoms with E-state index in [1.165, 1.54) is 103 Å². The molecule has 0 aromatic carbocycles. The van der Waals surface area contributed by atoms with Crippen molar-refractivity contribution >= 4 is 11.6 Å². The highest BCUT2D eigenvalue weighted by molar-refractivity contribution is 6.17. The summed E-state index contributed by atoms with van der Waals surface area (Å²) in [7, 11) is 0. The Labute approximate surface area is 145 Å². The minimum Gasteiger partial charge on any atom is -0.381 e. The molecular formula is C20H41ClO. The first-order valence-corrected chi connectivity index (χ1v) is 10.6. The molecule has 0 spiro atoms. The Kier molecular flexibility index (Phi) is 21.5. The number of ether oxygens (including phenoxy) is 1. The number of rotatable bonds is 19. The number of hydrogen-bond donors (Lipinski definition) is 0. The Morgan fingerprint density at radius 3 is 1.27 bits per heavy atom. The fraction of sp³-hybridized carbons (Fsp3) is 1.00. The molecule has 0 aliphatic carbocycles. The molecule has 0 atom stereocenters. The minimum atomic E-state index is 0.830. The lowest BCUT2D eigenvalue weighted by Crippen LogP contribution is -1.97. The topological polar surface area (TPSA) is 9.23 Å². The van der Waals surface area contributed by atoms with Gasteiger partial charge in [0.25, 0.3) is 0 Å². The van der Waals surface area contributed by atoms with Gasteiger partial charge in [-0.15, -0.1) is 11.6 Å². The second-order valence-electron chi connectivity index (χ2n) is 6.60. The molecule has 0 aromatic rings. The van der Waals surface area contributed by atoms with Crippen LogP contribution in [-0.4, -0.2) is 19.1 Å². The highest BCUT2D eigenvalue weighted by Gasteiger charge is 1.94. The smallest absolute Gasteiger partial charge is 0.0466 e. The Bertz CT molecular complexity index is 165. The molecule has 0 saturated heterocycles. The lowest BCUT2D eigenvalue weighted by molar-refractivity contribution is 0.125. The first kappa shape index (κ1) is 22.2. The maximum atomic E-state index is 5.72. The van der Waals surface area contributed by atoms with E-state index in [1.54, 1.807) is 0 Å². The Morgan fingerprint density at radius 2 is 0.864 bits per heavy atom. The van der Waals surface area contributed by atoms with E-state index in [2.05, 4.69) is 6.92 Å². The molecule has 0 radical (unpaired) electrons. The summed E-state index contributed by atoms with van der Waals surface area (Å²) in [6, 6.07) is 0. The summed E-state index contributed by atoms with van der Waals surface area (Å²) in [5, 5.41) is 0. The summed E-state index contributed by atoms with van der Waals surface area (Å²) >= 11 is 5.66. The second-order valence-corrected chi connectivity index (χ2v) is 6.98. The molecule has 0 fully saturated rings. The summed E-state index contributed by atoms with van der Waals surface area (Å²) in [5.74, 6) is 0.830. The molecule has 0 rings (SSSR count). The third-order valence-corrected chi connectivity index (χ3v) is 4.58. The van der Waals surface area contributed by atoms with Gasteiger partial charge in [0.05, 0.1) is 0 Å². The van der Waals surface area contributed by atoms with Crippen LogP contribution in [0.2, 0.25) is 0 Å². The zero-order chi connectivity index (χ0) is 16.1. The predicted molar refractivity (Wildman–Crippen MR) is 101 cm³/mol. The van der Waals surface area contributed by atoms with Crippen LogP contribution in [0.1, 0.15) is 110 Å². The van der Waals surface area contributed by atoms with Crippen LogP contribution < -0.4 is 0 Å². The van der Waals surface area contributed by atoms with E-state index in [1.807, 2.05) is 0 Å². The van der Waals surface area contributed by atoms with E-state index in [0.29, 0.717) is 0 Å². The average Bonchev–Trinajstić information content (AvgIpc) is 2.54. The van der Waals surface area contributed by atoms with E-state index in [0.717, 1.165) is 19.1 Å². The minimum absolute atomic E-state index is 0.830. The number of hydrogen-bond acceptors (Lipinski definition) is 1. The maximum Gasteiger partial charge on any atom is 0.0466 e. The van der Waals surface area contributed by atoms with Gasteiger partial charge in [-0.3, -0.25) is 0 Å². The van der Waals surface area contributed by atoms with Crippen LogP contribution in [0, 0.1) is 0 Å². The van der Waals surface area contributed by atoms with Crippen molar-refractivity contribution in [3.63, 3.8) is 0 Å². The lowest BCUT2D eigenvalue weighted by Gasteiger charge is -2.05. The van der Waals surface area contributed by atoms with Crippen LogP contribution in [0.25, 0.3) is 0 Å². The summed E-state index contributed by atoms with van der Waals surface area (Å²) in [5.41, 5.74) is 0. The molecule has 134 valence electrons. The second kappa shape index (κ2) is 21.2. The van der Waals surface area contributed by atoms with Crippen molar-refractivity contribution in [2.24, 2.45) is 0 Å². The van der Waals surface area contributed by atoms with Crippen molar-refractivity contribution in [3.05, 3.63) is 0 Å². The molecule has 1 nitrogen and oxygen atoms in total. The van der Waals surface area contributed by atoms with Crippen LogP contribution >= 0.6 is 11.6 Å². The van der Waals surface area contributed by atoms with Gasteiger partial charge in [0.1, 0.15) is 0 Å². The maximum absolute atomic E-state index is 5.72. The monoisotopic (exact) mass is 332 g/mol. The molecule has 0 heterocycles. The summed E-state index contributed by atoms with van der Waals surface area (Å²) in [6.07, 6.45) is 21.7. The Balaban J connectivity index is 2.91. The molecule has 0 saturated carbocycles. The van der Waals surface area contributed by atoms with Gasteiger partial charge < -0.3 is 4.74 Å². The number of unbranched alkanes of at least 4 members (excludes halogenated alkanes) is 14. The molecule has 0 amide bonds. The highest BCUT2D eigenvalue weighted by atomic mass is 35.5. The number of halogens is 1. The molecule has 0 aromatic heterocycles. The van der Waals surface area contributed by atoms with Gasteiger partial charge in [-0.05, 0) is 19.3 Å². The van der Waals surface area contributed by atoms with E-state index in [9.17, 15) is 0 Å². The number of alkyl halides is 1. The van der Waals surface area contributed by atoms with Gasteiger partial charge in [-0.1, -0.05) is 90.4 Å². The van der Waals surface area contributed by atoms with Gasteiger partial charge in [-0.2, -0.15) is 0 Å². The largest absolute Gasteiger partial charge is 0.381 e. The Morgan fingerprint density at radius 1 is 0.500 bits per heavy atom. The fourth-order valence-electron chi connectivity index (χ4n) is 2.80. The zero-order valence-electron chi connectivity index (χ0n) is 15.2. The normalized spacial score (nSPS) is 11.2. The van der Waals surface area contributed by atoms with Crippen LogP contribution in [0.3, 0.4) is 0 Å². The summed E-state index contributed by atoms with van der Waals surface area (Å²) in [4.78, 5) is 0. The van der Waals surface area contributed by atoms with Crippen molar-refractivity contribution in [2.75, 3.05) is 19.1 Å². The first-order valence-electron chi connectivity index (χ1n) is 10.1. The van der Waals surface area contributed by atoms with Crippen molar-refractivity contribution in [3.8, 4) is 0 Å². The van der Waals surface area contributed by atoms with Crippen molar-refractivity contribution in [1.29, 1.82) is 0 Å². The van der Waals surface area contributed by atoms with Crippen molar-refractivity contribution in [1.82, 2.24) is 0 Å². The molecule has 22 heavy (non-hydrogen) atoms. The van der Waals surface area contributed by atoms with Crippen LogP contribution in [0.4, 0.5) is 0 Å². The predicted octanol–water partition coefficient (Wildman–Crippen LogP) is 7.50. The summed E-state index contributed by atoms with van der Waals surface area (Å²) in [6.45, 7) is 4.23. The third-order valence-electron chi connectivity index (χ3n) is 4.31. The SMILES string of the molecule is CCCCCCCCCCOCCCCCCCCCCCl. The van der Waals surface area contributed by atoms with E-state index >= 15 is 0 Å². The van der Waals surface area contributed by atoms with Gasteiger partial charge in [0, 0.05) is 19.1 Å². The molecular weight excluding hydrogens is 292 g/mol. The van der Waals surface area contributed by atoms with E-state index < -0.39 is 0 Å². The standard InChI is InChI=1S/C20H41ClO/c1-2-3-4-5-6-10-13-16-19-22-20-17-14-11-8-7-9-12-15-18-21/h2-20H2,1H3. The van der Waals surface area contributed by atoms with Crippen molar-refractivity contribution < 1.29 is 4.74 Å². The third kappa shape index (κ3) is 20.2. The van der Waals surface area contributed by atoms with E-state index in [4.69, 9.17) is 16.3 Å². The quantitative estimate of drug-likeness (QED) is 0.176. The first-order chi connectivity index (χ1) is 10.9. The molecule has 0 aliphatic heterocycles. The average molecular weight is 333 g/mol. The van der Waals surface area contributed by atoms with Gasteiger partial charge in [-0.25, -0.2) is 0 Å². The van der Waals surface area contributed by atoms with E-state index in [-0.39, 0.29) is 0 Å². The zero-order valence-corrected chi connectivity index (χ0v) is 16.0. The lowest BCUT2D eigenvalue weighted by atomic mass is 10.1. The van der Waals surface area contributed by atoms with Gasteiger partial charge >= 0.3 is 0 Å². The highest BCUT2D eigenvalue weighted by Crippen LogP contribution is 2.10. The van der Waals surface area contributed by atoms with Crippen LogP contribution in [-0.2, 0) is 4.74 Å². The molecule has 0 unspecified atom stereocenters. The molecule has 0 aliphatic rings. The van der Waals surface area contributed by atoms with Gasteiger partial charge in [0.2, 0.25) is 0 Å².